The second-order valence-electron chi connectivity index (χ2n) is 6.83. The topological polar surface area (TPSA) is 97.8 Å². The molecule has 26 heavy (non-hydrogen) atoms. The number of hydrogen-bond donors (Lipinski definition) is 3. The second kappa shape index (κ2) is 8.84. The number of aliphatic carboxylic acids is 1. The van der Waals surface area contributed by atoms with Crippen LogP contribution >= 0.6 is 0 Å². The van der Waals surface area contributed by atoms with Gasteiger partial charge >= 0.3 is 12.0 Å². The first-order valence-electron chi connectivity index (χ1n) is 9.31. The van der Waals surface area contributed by atoms with Crippen LogP contribution in [0.5, 0.6) is 0 Å². The van der Waals surface area contributed by atoms with Gasteiger partial charge in [0.15, 0.2) is 0 Å². The minimum Gasteiger partial charge on any atom is -0.480 e. The van der Waals surface area contributed by atoms with Crippen LogP contribution in [0.1, 0.15) is 24.1 Å². The third kappa shape index (κ3) is 5.08. The molecule has 142 valence electrons. The van der Waals surface area contributed by atoms with Crippen molar-refractivity contribution in [3.8, 4) is 0 Å². The summed E-state index contributed by atoms with van der Waals surface area (Å²) in [5.74, 6) is 0.186. The van der Waals surface area contributed by atoms with Crippen LogP contribution in [-0.4, -0.2) is 77.7 Å². The van der Waals surface area contributed by atoms with Crippen LogP contribution < -0.4 is 10.6 Å². The maximum Gasteiger partial charge on any atom is 0.317 e. The number of nitrogens with one attached hydrogen (secondary N) is 2. The molecule has 1 fully saturated rings. The lowest BCUT2D eigenvalue weighted by Gasteiger charge is -2.33. The van der Waals surface area contributed by atoms with Crippen LogP contribution in [-0.2, 0) is 17.6 Å². The number of carboxylic acids is 1. The third-order valence-corrected chi connectivity index (χ3v) is 4.86. The fraction of sp³-hybridized carbons (Fsp3) is 0.611. The second-order valence-corrected chi connectivity index (χ2v) is 6.83. The molecule has 0 saturated carbocycles. The minimum atomic E-state index is -0.825. The van der Waals surface area contributed by atoms with Crippen LogP contribution in [0.4, 0.5) is 10.6 Å². The standard InChI is InChI=1S/C18H27N5O3/c24-16(25)13-22-9-11-23(12-10-22)18(26)20-8-2-4-15-6-5-14-3-1-7-19-17(14)21-15/h5-6H,1-4,7-13H2,(H,19,21)(H,20,26)(H,24,25). The average molecular weight is 361 g/mol. The highest BCUT2D eigenvalue weighted by Crippen LogP contribution is 2.20. The Bertz CT molecular complexity index is 644. The van der Waals surface area contributed by atoms with Crippen molar-refractivity contribution < 1.29 is 14.7 Å². The van der Waals surface area contributed by atoms with Gasteiger partial charge in [0.25, 0.3) is 0 Å². The zero-order valence-electron chi connectivity index (χ0n) is 15.0. The lowest BCUT2D eigenvalue weighted by Crippen LogP contribution is -2.52. The van der Waals surface area contributed by atoms with Crippen LogP contribution in [0.2, 0.25) is 0 Å². The Kier molecular flexibility index (Phi) is 6.27. The number of nitrogens with zero attached hydrogens (tertiary/aromatic N) is 3. The molecule has 0 radical (unpaired) electrons. The van der Waals surface area contributed by atoms with Gasteiger partial charge in [-0.15, -0.1) is 0 Å². The van der Waals surface area contributed by atoms with Gasteiger partial charge in [-0.3, -0.25) is 9.69 Å². The molecule has 3 heterocycles. The van der Waals surface area contributed by atoms with Gasteiger partial charge in [-0.25, -0.2) is 9.78 Å². The Morgan fingerprint density at radius 3 is 2.81 bits per heavy atom. The number of carbonyl (C=O) groups is 2. The monoisotopic (exact) mass is 361 g/mol. The van der Waals surface area contributed by atoms with E-state index in [1.807, 2.05) is 4.90 Å². The molecule has 0 aromatic carbocycles. The van der Waals surface area contributed by atoms with Crippen molar-refractivity contribution in [3.05, 3.63) is 23.4 Å². The van der Waals surface area contributed by atoms with Crippen LogP contribution in [0.3, 0.4) is 0 Å². The van der Waals surface area contributed by atoms with Gasteiger partial charge in [0, 0.05) is 45.0 Å². The largest absolute Gasteiger partial charge is 0.480 e. The van der Waals surface area contributed by atoms with Gasteiger partial charge in [0.1, 0.15) is 5.82 Å². The Morgan fingerprint density at radius 2 is 2.04 bits per heavy atom. The van der Waals surface area contributed by atoms with Crippen molar-refractivity contribution in [1.82, 2.24) is 20.1 Å². The highest BCUT2D eigenvalue weighted by atomic mass is 16.4. The Hall–Kier alpha value is -2.35. The molecular weight excluding hydrogens is 334 g/mol. The fourth-order valence-corrected chi connectivity index (χ4v) is 3.39. The normalized spacial score (nSPS) is 17.3. The molecule has 0 unspecified atom stereocenters. The third-order valence-electron chi connectivity index (χ3n) is 4.86. The molecule has 3 N–H and O–H groups in total. The van der Waals surface area contributed by atoms with E-state index in [1.54, 1.807) is 4.90 Å². The molecule has 1 aromatic rings. The van der Waals surface area contributed by atoms with Gasteiger partial charge in [-0.05, 0) is 37.3 Å². The Morgan fingerprint density at radius 1 is 1.23 bits per heavy atom. The summed E-state index contributed by atoms with van der Waals surface area (Å²) in [6.07, 6.45) is 3.92. The number of aromatic nitrogens is 1. The van der Waals surface area contributed by atoms with E-state index in [1.165, 1.54) is 5.56 Å². The predicted octanol–water partition coefficient (Wildman–Crippen LogP) is 0.784. The summed E-state index contributed by atoms with van der Waals surface area (Å²) in [5.41, 5.74) is 2.34. The Balaban J connectivity index is 1.35. The van der Waals surface area contributed by atoms with E-state index in [2.05, 4.69) is 27.8 Å². The fourth-order valence-electron chi connectivity index (χ4n) is 3.39. The molecule has 0 spiro atoms. The molecule has 0 aliphatic carbocycles. The number of rotatable bonds is 6. The molecule has 1 aromatic heterocycles. The highest BCUT2D eigenvalue weighted by Gasteiger charge is 2.21. The summed E-state index contributed by atoms with van der Waals surface area (Å²) < 4.78 is 0. The number of fused-ring (bicyclic) bond motifs is 1. The van der Waals surface area contributed by atoms with E-state index in [0.29, 0.717) is 32.7 Å². The van der Waals surface area contributed by atoms with E-state index in [4.69, 9.17) is 5.11 Å². The van der Waals surface area contributed by atoms with E-state index in [0.717, 1.165) is 43.7 Å². The highest BCUT2D eigenvalue weighted by molar-refractivity contribution is 5.74. The molecule has 3 rings (SSSR count). The maximum atomic E-state index is 12.2. The number of hydrogen-bond acceptors (Lipinski definition) is 5. The molecule has 2 aliphatic rings. The van der Waals surface area contributed by atoms with E-state index in [9.17, 15) is 9.59 Å². The number of carbonyl (C=O) groups excluding carboxylic acids is 1. The van der Waals surface area contributed by atoms with Crippen molar-refractivity contribution >= 4 is 17.8 Å². The molecule has 8 nitrogen and oxygen atoms in total. The van der Waals surface area contributed by atoms with Crippen molar-refractivity contribution in [2.75, 3.05) is 51.1 Å². The van der Waals surface area contributed by atoms with Crippen LogP contribution in [0, 0.1) is 0 Å². The Labute approximate surface area is 153 Å². The summed E-state index contributed by atoms with van der Waals surface area (Å²) >= 11 is 0. The summed E-state index contributed by atoms with van der Waals surface area (Å²) in [6.45, 7) is 3.98. The molecule has 0 atom stereocenters. The minimum absolute atomic E-state index is 0.0398. The molecular formula is C18H27N5O3. The number of carboxylic acid groups (broad SMARTS) is 1. The van der Waals surface area contributed by atoms with Crippen molar-refractivity contribution in [2.24, 2.45) is 0 Å². The van der Waals surface area contributed by atoms with E-state index < -0.39 is 5.97 Å². The summed E-state index contributed by atoms with van der Waals surface area (Å²) in [5, 5.41) is 15.1. The van der Waals surface area contributed by atoms with Crippen LogP contribution in [0.15, 0.2) is 12.1 Å². The molecule has 2 aliphatic heterocycles. The average Bonchev–Trinajstić information content (AvgIpc) is 2.65. The molecule has 0 bridgehead atoms. The first kappa shape index (κ1) is 18.4. The lowest BCUT2D eigenvalue weighted by molar-refractivity contribution is -0.138. The number of anilines is 1. The molecule has 2 amide bonds. The smallest absolute Gasteiger partial charge is 0.317 e. The number of piperazine rings is 1. The van der Waals surface area contributed by atoms with Gasteiger partial charge in [-0.2, -0.15) is 0 Å². The zero-order chi connectivity index (χ0) is 18.4. The lowest BCUT2D eigenvalue weighted by atomic mass is 10.1. The number of aryl methyl sites for hydroxylation is 2. The predicted molar refractivity (Wildman–Crippen MR) is 98.4 cm³/mol. The van der Waals surface area contributed by atoms with Crippen molar-refractivity contribution in [1.29, 1.82) is 0 Å². The van der Waals surface area contributed by atoms with Crippen LogP contribution in [0.25, 0.3) is 0 Å². The number of urea groups is 1. The van der Waals surface area contributed by atoms with Gasteiger partial charge in [-0.1, -0.05) is 6.07 Å². The van der Waals surface area contributed by atoms with Gasteiger partial charge in [0.05, 0.1) is 6.54 Å². The van der Waals surface area contributed by atoms with Gasteiger partial charge in [0.2, 0.25) is 0 Å². The SMILES string of the molecule is O=C(O)CN1CCN(C(=O)NCCCc2ccc3c(n2)NCCC3)CC1. The molecule has 8 heteroatoms. The summed E-state index contributed by atoms with van der Waals surface area (Å²) in [4.78, 5) is 31.2. The van der Waals surface area contributed by atoms with E-state index >= 15 is 0 Å². The summed E-state index contributed by atoms with van der Waals surface area (Å²) in [6, 6.07) is 4.16. The van der Waals surface area contributed by atoms with E-state index in [-0.39, 0.29) is 12.6 Å². The van der Waals surface area contributed by atoms with Crippen molar-refractivity contribution in [3.63, 3.8) is 0 Å². The quantitative estimate of drug-likeness (QED) is 0.648. The van der Waals surface area contributed by atoms with Gasteiger partial charge < -0.3 is 20.6 Å². The first-order valence-corrected chi connectivity index (χ1v) is 9.31. The first-order chi connectivity index (χ1) is 12.6. The zero-order valence-corrected chi connectivity index (χ0v) is 15.0. The number of amides is 2. The number of pyridine rings is 1. The maximum absolute atomic E-state index is 12.2. The van der Waals surface area contributed by atoms with Crippen molar-refractivity contribution in [2.45, 2.75) is 25.7 Å². The molecule has 1 saturated heterocycles. The summed E-state index contributed by atoms with van der Waals surface area (Å²) in [7, 11) is 0.